The van der Waals surface area contributed by atoms with Crippen LogP contribution in [0.3, 0.4) is 0 Å². The fourth-order valence-electron chi connectivity index (χ4n) is 0.298. The van der Waals surface area contributed by atoms with E-state index in [1.165, 1.54) is 6.92 Å². The number of aliphatic carboxylic acids is 1. The molecular weight excluding hydrogens is 144 g/mol. The average molecular weight is 153 g/mol. The summed E-state index contributed by atoms with van der Waals surface area (Å²) >= 11 is 5.18. The summed E-state index contributed by atoms with van der Waals surface area (Å²) in [6.45, 7) is 1.41. The lowest BCUT2D eigenvalue weighted by atomic mass is 10.1. The fraction of sp³-hybridized carbons (Fsp3) is 0.800. The SMILES string of the molecule is C[C@H](C(=O)O)[C@@H](O)CCl. The predicted molar refractivity (Wildman–Crippen MR) is 33.5 cm³/mol. The Labute approximate surface area is 58.3 Å². The molecule has 0 aromatic heterocycles. The van der Waals surface area contributed by atoms with Gasteiger partial charge in [0.2, 0.25) is 0 Å². The number of rotatable bonds is 3. The van der Waals surface area contributed by atoms with Crippen molar-refractivity contribution in [1.29, 1.82) is 0 Å². The lowest BCUT2D eigenvalue weighted by Gasteiger charge is -2.09. The number of carboxylic acid groups (broad SMARTS) is 1. The van der Waals surface area contributed by atoms with E-state index in [-0.39, 0.29) is 5.88 Å². The van der Waals surface area contributed by atoms with Gasteiger partial charge in [-0.05, 0) is 6.92 Å². The molecule has 0 saturated heterocycles. The molecule has 2 N–H and O–H groups in total. The molecule has 3 nitrogen and oxygen atoms in total. The number of aliphatic hydroxyl groups excluding tert-OH is 1. The molecule has 9 heavy (non-hydrogen) atoms. The van der Waals surface area contributed by atoms with Crippen LogP contribution in [-0.2, 0) is 4.79 Å². The number of halogens is 1. The van der Waals surface area contributed by atoms with Gasteiger partial charge in [0.15, 0.2) is 0 Å². The zero-order valence-electron chi connectivity index (χ0n) is 5.04. The Balaban J connectivity index is 3.72. The maximum Gasteiger partial charge on any atom is 0.308 e. The molecule has 2 atom stereocenters. The van der Waals surface area contributed by atoms with Crippen LogP contribution in [-0.4, -0.2) is 28.2 Å². The van der Waals surface area contributed by atoms with Crippen LogP contribution in [0.25, 0.3) is 0 Å². The second-order valence-corrected chi connectivity index (χ2v) is 2.16. The van der Waals surface area contributed by atoms with Gasteiger partial charge in [-0.3, -0.25) is 4.79 Å². The molecule has 0 aliphatic carbocycles. The van der Waals surface area contributed by atoms with E-state index in [9.17, 15) is 4.79 Å². The van der Waals surface area contributed by atoms with Crippen molar-refractivity contribution >= 4 is 17.6 Å². The van der Waals surface area contributed by atoms with E-state index < -0.39 is 18.0 Å². The van der Waals surface area contributed by atoms with Gasteiger partial charge in [0.1, 0.15) is 0 Å². The van der Waals surface area contributed by atoms with Crippen LogP contribution in [0.4, 0.5) is 0 Å². The van der Waals surface area contributed by atoms with Gasteiger partial charge in [-0.25, -0.2) is 0 Å². The Morgan fingerprint density at radius 2 is 2.22 bits per heavy atom. The summed E-state index contributed by atoms with van der Waals surface area (Å²) < 4.78 is 0. The molecule has 0 aromatic carbocycles. The zero-order chi connectivity index (χ0) is 7.44. The Morgan fingerprint density at radius 3 is 2.33 bits per heavy atom. The second kappa shape index (κ2) is 3.69. The highest BCUT2D eigenvalue weighted by molar-refractivity contribution is 6.18. The minimum Gasteiger partial charge on any atom is -0.481 e. The largest absolute Gasteiger partial charge is 0.481 e. The maximum absolute atomic E-state index is 10.1. The number of hydrogen-bond donors (Lipinski definition) is 2. The van der Waals surface area contributed by atoms with Crippen LogP contribution in [0.2, 0.25) is 0 Å². The van der Waals surface area contributed by atoms with Crippen LogP contribution in [0.15, 0.2) is 0 Å². The molecule has 0 spiro atoms. The van der Waals surface area contributed by atoms with E-state index in [4.69, 9.17) is 21.8 Å². The maximum atomic E-state index is 10.1. The van der Waals surface area contributed by atoms with Crippen molar-refractivity contribution < 1.29 is 15.0 Å². The van der Waals surface area contributed by atoms with E-state index in [1.54, 1.807) is 0 Å². The molecule has 0 amide bonds. The summed E-state index contributed by atoms with van der Waals surface area (Å²) in [5.74, 6) is -1.83. The highest BCUT2D eigenvalue weighted by Gasteiger charge is 2.19. The molecule has 54 valence electrons. The molecule has 0 unspecified atom stereocenters. The van der Waals surface area contributed by atoms with Gasteiger partial charge in [0.05, 0.1) is 12.0 Å². The van der Waals surface area contributed by atoms with E-state index in [2.05, 4.69) is 0 Å². The first-order chi connectivity index (χ1) is 4.09. The first kappa shape index (κ1) is 8.72. The molecule has 0 heterocycles. The van der Waals surface area contributed by atoms with Crippen LogP contribution in [0, 0.1) is 5.92 Å². The van der Waals surface area contributed by atoms with Crippen molar-refractivity contribution in [3.63, 3.8) is 0 Å². The van der Waals surface area contributed by atoms with Crippen LogP contribution >= 0.6 is 11.6 Å². The third kappa shape index (κ3) is 2.67. The van der Waals surface area contributed by atoms with Crippen molar-refractivity contribution in [3.8, 4) is 0 Å². The lowest BCUT2D eigenvalue weighted by Crippen LogP contribution is -2.26. The van der Waals surface area contributed by atoms with Gasteiger partial charge in [0, 0.05) is 5.88 Å². The second-order valence-electron chi connectivity index (χ2n) is 1.85. The van der Waals surface area contributed by atoms with Crippen molar-refractivity contribution in [2.75, 3.05) is 5.88 Å². The van der Waals surface area contributed by atoms with Crippen molar-refractivity contribution in [2.45, 2.75) is 13.0 Å². The molecule has 0 aliphatic heterocycles. The fourth-order valence-corrected chi connectivity index (χ4v) is 0.565. The van der Waals surface area contributed by atoms with Crippen molar-refractivity contribution in [1.82, 2.24) is 0 Å². The number of carboxylic acids is 1. The Morgan fingerprint density at radius 1 is 1.78 bits per heavy atom. The Hall–Kier alpha value is -0.280. The first-order valence-electron chi connectivity index (χ1n) is 2.56. The van der Waals surface area contributed by atoms with E-state index in [0.717, 1.165) is 0 Å². The molecule has 0 aliphatic rings. The van der Waals surface area contributed by atoms with E-state index >= 15 is 0 Å². The number of aliphatic hydroxyl groups is 1. The third-order valence-electron chi connectivity index (χ3n) is 1.12. The lowest BCUT2D eigenvalue weighted by molar-refractivity contribution is -0.144. The van der Waals surface area contributed by atoms with Crippen LogP contribution in [0.5, 0.6) is 0 Å². The van der Waals surface area contributed by atoms with Gasteiger partial charge in [0.25, 0.3) is 0 Å². The molecule has 0 fully saturated rings. The Bertz CT molecular complexity index is 104. The van der Waals surface area contributed by atoms with Gasteiger partial charge in [-0.2, -0.15) is 0 Å². The first-order valence-corrected chi connectivity index (χ1v) is 3.10. The van der Waals surface area contributed by atoms with Gasteiger partial charge in [-0.15, -0.1) is 11.6 Å². The monoisotopic (exact) mass is 152 g/mol. The summed E-state index contributed by atoms with van der Waals surface area (Å²) in [6.07, 6.45) is -0.941. The minimum absolute atomic E-state index is 0.0343. The highest BCUT2D eigenvalue weighted by atomic mass is 35.5. The molecule has 4 heteroatoms. The topological polar surface area (TPSA) is 57.5 Å². The van der Waals surface area contributed by atoms with Crippen LogP contribution < -0.4 is 0 Å². The summed E-state index contributed by atoms with van der Waals surface area (Å²) in [4.78, 5) is 10.1. The van der Waals surface area contributed by atoms with E-state index in [1.807, 2.05) is 0 Å². The molecule has 0 rings (SSSR count). The number of hydrogen-bond acceptors (Lipinski definition) is 2. The Kier molecular flexibility index (Phi) is 3.58. The summed E-state index contributed by atoms with van der Waals surface area (Å²) in [6, 6.07) is 0. The predicted octanol–water partition coefficient (Wildman–Crippen LogP) is 0.307. The zero-order valence-corrected chi connectivity index (χ0v) is 5.80. The quantitative estimate of drug-likeness (QED) is 0.573. The summed E-state index contributed by atoms with van der Waals surface area (Å²) in [5.41, 5.74) is 0. The molecule has 0 saturated carbocycles. The molecule has 0 bridgehead atoms. The van der Waals surface area contributed by atoms with Crippen LogP contribution in [0.1, 0.15) is 6.92 Å². The van der Waals surface area contributed by atoms with Crippen molar-refractivity contribution in [2.24, 2.45) is 5.92 Å². The standard InChI is InChI=1S/C5H9ClO3/c1-3(5(8)9)4(7)2-6/h3-4,7H,2H2,1H3,(H,8,9)/t3-,4-/m0/s1. The average Bonchev–Trinajstić information content (AvgIpc) is 1.84. The molecular formula is C5H9ClO3. The summed E-state index contributed by atoms with van der Waals surface area (Å²) in [5, 5.41) is 17.0. The van der Waals surface area contributed by atoms with Gasteiger partial charge >= 0.3 is 5.97 Å². The number of carbonyl (C=O) groups is 1. The minimum atomic E-state index is -1.02. The third-order valence-corrected chi connectivity index (χ3v) is 1.44. The van der Waals surface area contributed by atoms with Gasteiger partial charge in [-0.1, -0.05) is 0 Å². The number of alkyl halides is 1. The smallest absolute Gasteiger partial charge is 0.308 e. The molecule has 0 radical (unpaired) electrons. The van der Waals surface area contributed by atoms with E-state index in [0.29, 0.717) is 0 Å². The van der Waals surface area contributed by atoms with Gasteiger partial charge < -0.3 is 10.2 Å². The van der Waals surface area contributed by atoms with Crippen molar-refractivity contribution in [3.05, 3.63) is 0 Å². The normalized spacial score (nSPS) is 16.8. The summed E-state index contributed by atoms with van der Waals surface area (Å²) in [7, 11) is 0. The molecule has 0 aromatic rings. The highest BCUT2D eigenvalue weighted by Crippen LogP contribution is 2.03.